The Morgan fingerprint density at radius 1 is 0.917 bits per heavy atom. The summed E-state index contributed by atoms with van der Waals surface area (Å²) in [5.41, 5.74) is -0.945. The molecule has 0 saturated heterocycles. The van der Waals surface area contributed by atoms with Gasteiger partial charge in [0.25, 0.3) is 0 Å². The molecule has 24 heavy (non-hydrogen) atoms. The van der Waals surface area contributed by atoms with Crippen molar-refractivity contribution in [2.24, 2.45) is 14.1 Å². The Morgan fingerprint density at radius 2 is 1.46 bits per heavy atom. The van der Waals surface area contributed by atoms with Gasteiger partial charge in [-0.2, -0.15) is 0 Å². The van der Waals surface area contributed by atoms with E-state index in [9.17, 15) is 5.11 Å². The average molecular weight is 328 g/mol. The van der Waals surface area contributed by atoms with Gasteiger partial charge in [-0.15, -0.1) is 0 Å². The molecule has 0 fully saturated rings. The molecule has 0 radical (unpaired) electrons. The lowest BCUT2D eigenvalue weighted by Gasteiger charge is -2.28. The van der Waals surface area contributed by atoms with Gasteiger partial charge in [-0.1, -0.05) is 6.07 Å². The van der Waals surface area contributed by atoms with Crippen molar-refractivity contribution in [1.29, 1.82) is 0 Å². The van der Waals surface area contributed by atoms with E-state index in [0.29, 0.717) is 28.7 Å². The van der Waals surface area contributed by atoms with E-state index in [-0.39, 0.29) is 0 Å². The molecule has 0 bridgehead atoms. The minimum atomic E-state index is -1.53. The Labute approximate surface area is 140 Å². The van der Waals surface area contributed by atoms with Crippen molar-refractivity contribution in [3.63, 3.8) is 0 Å². The van der Waals surface area contributed by atoms with E-state index in [1.807, 2.05) is 14.1 Å². The first kappa shape index (κ1) is 16.1. The maximum atomic E-state index is 11.7. The molecule has 0 aliphatic heterocycles. The molecular weight excluding hydrogens is 308 g/mol. The molecule has 1 aromatic carbocycles. The summed E-state index contributed by atoms with van der Waals surface area (Å²) in [6.07, 6.45) is 6.85. The minimum absolute atomic E-state index is 0.462. The quantitative estimate of drug-likeness (QED) is 0.767. The maximum absolute atomic E-state index is 11.7. The highest BCUT2D eigenvalue weighted by molar-refractivity contribution is 5.48. The molecule has 3 rings (SSSR count). The summed E-state index contributed by atoms with van der Waals surface area (Å²) >= 11 is 0. The highest BCUT2D eigenvalue weighted by atomic mass is 16.5. The second-order valence-corrected chi connectivity index (χ2v) is 5.50. The average Bonchev–Trinajstić information content (AvgIpc) is 3.22. The van der Waals surface area contributed by atoms with Crippen molar-refractivity contribution in [3.8, 4) is 11.5 Å². The van der Waals surface area contributed by atoms with Crippen LogP contribution in [0.25, 0.3) is 0 Å². The molecule has 2 aromatic heterocycles. The number of hydrogen-bond acceptors (Lipinski definition) is 5. The summed E-state index contributed by atoms with van der Waals surface area (Å²) in [4.78, 5) is 8.69. The van der Waals surface area contributed by atoms with Crippen LogP contribution in [-0.2, 0) is 19.7 Å². The van der Waals surface area contributed by atoms with Crippen molar-refractivity contribution in [2.45, 2.75) is 5.60 Å². The zero-order chi connectivity index (χ0) is 17.3. The van der Waals surface area contributed by atoms with E-state index in [4.69, 9.17) is 9.47 Å². The van der Waals surface area contributed by atoms with Gasteiger partial charge < -0.3 is 23.7 Å². The van der Waals surface area contributed by atoms with Gasteiger partial charge in [-0.05, 0) is 12.1 Å². The Morgan fingerprint density at radius 3 is 1.88 bits per heavy atom. The van der Waals surface area contributed by atoms with Gasteiger partial charge in [0.2, 0.25) is 5.60 Å². The molecule has 0 amide bonds. The van der Waals surface area contributed by atoms with Crippen molar-refractivity contribution < 1.29 is 14.6 Å². The van der Waals surface area contributed by atoms with E-state index < -0.39 is 5.60 Å². The topological polar surface area (TPSA) is 74.3 Å². The molecular formula is C17H20N4O3. The Bertz CT molecular complexity index is 813. The van der Waals surface area contributed by atoms with Crippen molar-refractivity contribution in [2.75, 3.05) is 14.2 Å². The summed E-state index contributed by atoms with van der Waals surface area (Å²) in [7, 11) is 6.79. The first-order valence-corrected chi connectivity index (χ1v) is 7.42. The van der Waals surface area contributed by atoms with Gasteiger partial charge in [-0.3, -0.25) is 0 Å². The lowest BCUT2D eigenvalue weighted by atomic mass is 9.91. The fourth-order valence-electron chi connectivity index (χ4n) is 2.85. The SMILES string of the molecule is COc1ccc(C(O)(c2nccn2C)c2nccn2C)cc1OC. The molecule has 0 spiro atoms. The number of imidazole rings is 2. The first-order valence-electron chi connectivity index (χ1n) is 7.42. The monoisotopic (exact) mass is 328 g/mol. The van der Waals surface area contributed by atoms with Crippen molar-refractivity contribution in [3.05, 3.63) is 60.2 Å². The highest BCUT2D eigenvalue weighted by Gasteiger charge is 2.41. The number of methoxy groups -OCH3 is 2. The molecule has 126 valence electrons. The Kier molecular flexibility index (Phi) is 4.02. The number of hydrogen-bond donors (Lipinski definition) is 1. The van der Waals surface area contributed by atoms with Crippen LogP contribution >= 0.6 is 0 Å². The molecule has 0 aliphatic carbocycles. The van der Waals surface area contributed by atoms with Crippen LogP contribution in [0.1, 0.15) is 17.2 Å². The fraction of sp³-hybridized carbons (Fsp3) is 0.294. The van der Waals surface area contributed by atoms with E-state index >= 15 is 0 Å². The third kappa shape index (κ3) is 2.33. The molecule has 0 atom stereocenters. The summed E-state index contributed by atoms with van der Waals surface area (Å²) in [6, 6.07) is 5.28. The highest BCUT2D eigenvalue weighted by Crippen LogP contribution is 2.38. The minimum Gasteiger partial charge on any atom is -0.493 e. The second kappa shape index (κ2) is 6.01. The smallest absolute Gasteiger partial charge is 0.206 e. The summed E-state index contributed by atoms with van der Waals surface area (Å²) in [6.45, 7) is 0. The van der Waals surface area contributed by atoms with Gasteiger partial charge in [0.05, 0.1) is 14.2 Å². The van der Waals surface area contributed by atoms with Gasteiger partial charge in [0.1, 0.15) is 0 Å². The predicted molar refractivity (Wildman–Crippen MR) is 88.1 cm³/mol. The van der Waals surface area contributed by atoms with Gasteiger partial charge >= 0.3 is 0 Å². The molecule has 7 nitrogen and oxygen atoms in total. The number of rotatable bonds is 5. The Hall–Kier alpha value is -2.80. The first-order chi connectivity index (χ1) is 11.5. The van der Waals surface area contributed by atoms with E-state index in [0.717, 1.165) is 0 Å². The fourth-order valence-corrected chi connectivity index (χ4v) is 2.85. The standard InChI is InChI=1S/C17H20N4O3/c1-20-9-7-18-15(20)17(22,16-19-8-10-21(16)2)12-5-6-13(23-3)14(11-12)24-4/h5-11,22H,1-4H3. The van der Waals surface area contributed by atoms with Gasteiger partial charge in [-0.25, -0.2) is 9.97 Å². The number of aromatic nitrogens is 4. The zero-order valence-electron chi connectivity index (χ0n) is 14.1. The second-order valence-electron chi connectivity index (χ2n) is 5.50. The third-order valence-electron chi connectivity index (χ3n) is 4.09. The summed E-state index contributed by atoms with van der Waals surface area (Å²) < 4.78 is 14.2. The van der Waals surface area contributed by atoms with Crippen LogP contribution in [-0.4, -0.2) is 38.4 Å². The normalized spacial score (nSPS) is 11.5. The molecule has 3 aromatic rings. The van der Waals surface area contributed by atoms with Crippen LogP contribution in [0, 0.1) is 0 Å². The van der Waals surface area contributed by atoms with Crippen molar-refractivity contribution >= 4 is 0 Å². The van der Waals surface area contributed by atoms with Crippen molar-refractivity contribution in [1.82, 2.24) is 19.1 Å². The molecule has 7 heteroatoms. The van der Waals surface area contributed by atoms with Gasteiger partial charge in [0.15, 0.2) is 23.1 Å². The Balaban J connectivity index is 2.27. The van der Waals surface area contributed by atoms with Crippen LogP contribution < -0.4 is 9.47 Å². The van der Waals surface area contributed by atoms with E-state index in [2.05, 4.69) is 9.97 Å². The van der Waals surface area contributed by atoms with Crippen LogP contribution in [0.15, 0.2) is 43.0 Å². The van der Waals surface area contributed by atoms with Gasteiger partial charge in [0, 0.05) is 44.4 Å². The van der Waals surface area contributed by atoms with Crippen LogP contribution in [0.4, 0.5) is 0 Å². The lowest BCUT2D eigenvalue weighted by Crippen LogP contribution is -2.35. The molecule has 1 N–H and O–H groups in total. The maximum Gasteiger partial charge on any atom is 0.206 e. The van der Waals surface area contributed by atoms with E-state index in [1.165, 1.54) is 0 Å². The lowest BCUT2D eigenvalue weighted by molar-refractivity contribution is 0.0989. The number of ether oxygens (including phenoxy) is 2. The molecule has 0 unspecified atom stereocenters. The molecule has 0 aliphatic rings. The predicted octanol–water partition coefficient (Wildman–Crippen LogP) is 1.45. The van der Waals surface area contributed by atoms with Crippen LogP contribution in [0.5, 0.6) is 11.5 Å². The zero-order valence-corrected chi connectivity index (χ0v) is 14.1. The summed E-state index contributed by atoms with van der Waals surface area (Å²) in [5, 5.41) is 11.7. The number of aliphatic hydroxyl groups is 1. The van der Waals surface area contributed by atoms with Crippen LogP contribution in [0.2, 0.25) is 0 Å². The molecule has 2 heterocycles. The molecule has 0 saturated carbocycles. The largest absolute Gasteiger partial charge is 0.493 e. The third-order valence-corrected chi connectivity index (χ3v) is 4.09. The summed E-state index contributed by atoms with van der Waals surface area (Å²) in [5.74, 6) is 2.04. The van der Waals surface area contributed by atoms with E-state index in [1.54, 1.807) is 66.3 Å². The van der Waals surface area contributed by atoms with Crippen LogP contribution in [0.3, 0.4) is 0 Å². The number of nitrogens with zero attached hydrogens (tertiary/aromatic N) is 4. The number of aryl methyl sites for hydroxylation is 2. The number of benzene rings is 1.